The van der Waals surface area contributed by atoms with Crippen LogP contribution in [-0.2, 0) is 0 Å². The SMILES string of the molecule is [2H]C([2H])([2H])C([2H])([2H])C([2H])([2H])C([2H])([2H])C([2H])([2H])C. The third-order valence-corrected chi connectivity index (χ3v) is 0.250. The van der Waals surface area contributed by atoms with Gasteiger partial charge >= 0.3 is 0 Å². The molecule has 0 rings (SSSR count). The van der Waals surface area contributed by atoms with Crippen LogP contribution in [0.15, 0.2) is 0 Å². The highest BCUT2D eigenvalue weighted by Crippen LogP contribution is 1.95. The molecule has 6 heavy (non-hydrogen) atoms. The minimum absolute atomic E-state index is 0.737. The van der Waals surface area contributed by atoms with Crippen LogP contribution in [0.3, 0.4) is 0 Å². The quantitative estimate of drug-likeness (QED) is 0.508. The molecule has 0 aliphatic rings. The lowest BCUT2D eigenvalue weighted by atomic mass is 10.2. The van der Waals surface area contributed by atoms with E-state index in [9.17, 15) is 0 Å². The van der Waals surface area contributed by atoms with Crippen molar-refractivity contribution in [2.24, 2.45) is 0 Å². The molecule has 0 heteroatoms. The Morgan fingerprint density at radius 1 is 1.50 bits per heavy atom. The van der Waals surface area contributed by atoms with Crippen molar-refractivity contribution in [3.8, 4) is 0 Å². The van der Waals surface area contributed by atoms with Crippen LogP contribution in [0, 0.1) is 0 Å². The summed E-state index contributed by atoms with van der Waals surface area (Å²) >= 11 is 0. The molecule has 0 amide bonds. The molecule has 0 aromatic carbocycles. The highest BCUT2D eigenvalue weighted by molar-refractivity contribution is 4.31. The highest BCUT2D eigenvalue weighted by Gasteiger charge is 1.75. The molecule has 0 unspecified atom stereocenters. The van der Waals surface area contributed by atoms with Crippen molar-refractivity contribution in [3.63, 3.8) is 0 Å². The zero-order valence-corrected chi connectivity index (χ0v) is 3.50. The van der Waals surface area contributed by atoms with Crippen molar-refractivity contribution in [2.45, 2.75) is 39.3 Å². The lowest BCUT2D eigenvalue weighted by molar-refractivity contribution is 0.702. The Balaban J connectivity index is 5.73. The van der Waals surface area contributed by atoms with Gasteiger partial charge in [0.2, 0.25) is 0 Å². The van der Waals surface area contributed by atoms with Gasteiger partial charge in [-0.3, -0.25) is 0 Å². The Morgan fingerprint density at radius 2 is 2.17 bits per heavy atom. The minimum atomic E-state index is -3.51. The molecule has 0 aliphatic heterocycles. The van der Waals surface area contributed by atoms with Crippen LogP contribution in [-0.4, -0.2) is 0 Å². The smallest absolute Gasteiger partial charge is 0.0266 e. The Labute approximate surface area is 56.0 Å². The molecule has 0 aromatic heterocycles. The molecular weight excluding hydrogens is 72.1 g/mol. The van der Waals surface area contributed by atoms with E-state index < -0.39 is 32.3 Å². The molecule has 0 nitrogen and oxygen atoms in total. The van der Waals surface area contributed by atoms with E-state index in [1.54, 1.807) is 0 Å². The fourth-order valence-corrected chi connectivity index (χ4v) is 0.0938. The molecule has 0 N–H and O–H groups in total. The highest BCUT2D eigenvalue weighted by atomic mass is 13.8. The molecule has 0 fully saturated rings. The summed E-state index contributed by atoms with van der Waals surface area (Å²) in [4.78, 5) is 0. The fourth-order valence-electron chi connectivity index (χ4n) is 0.0938. The molecule has 0 radical (unpaired) electrons. The molecule has 0 aromatic rings. The Bertz CT molecular complexity index is 251. The number of rotatable bonds is 3. The van der Waals surface area contributed by atoms with Gasteiger partial charge in [-0.25, -0.2) is 0 Å². The number of hydrogen-bond donors (Lipinski definition) is 0. The molecule has 0 saturated heterocycles. The Morgan fingerprint density at radius 3 is 2.67 bits per heavy atom. The largest absolute Gasteiger partial charge is 0.0654 e. The second kappa shape index (κ2) is 5.00. The third-order valence-electron chi connectivity index (χ3n) is 0.250. The molecule has 0 saturated carbocycles. The van der Waals surface area contributed by atoms with Crippen LogP contribution in [0.5, 0.6) is 0 Å². The summed E-state index contributed by atoms with van der Waals surface area (Å²) in [7, 11) is 0. The van der Waals surface area contributed by atoms with E-state index >= 15 is 0 Å². The van der Waals surface area contributed by atoms with Gasteiger partial charge in [-0.1, -0.05) is 39.3 Å². The van der Waals surface area contributed by atoms with Gasteiger partial charge in [0.15, 0.2) is 0 Å². The van der Waals surface area contributed by atoms with Gasteiger partial charge in [-0.05, 0) is 0 Å². The normalized spacial score (nSPS) is 47.8. The van der Waals surface area contributed by atoms with Gasteiger partial charge in [0.25, 0.3) is 0 Å². The zero-order valence-electron chi connectivity index (χ0n) is 14.5. The predicted octanol–water partition coefficient (Wildman–Crippen LogP) is 2.59. The van der Waals surface area contributed by atoms with Crippen LogP contribution in [0.2, 0.25) is 0 Å². The second-order valence-corrected chi connectivity index (χ2v) is 0.625. The van der Waals surface area contributed by atoms with Crippen molar-refractivity contribution in [3.05, 3.63) is 0 Å². The fraction of sp³-hybridized carbons (Fsp3) is 1.00. The van der Waals surface area contributed by atoms with Crippen molar-refractivity contribution in [1.29, 1.82) is 0 Å². The molecule has 0 bridgehead atoms. The van der Waals surface area contributed by atoms with Crippen LogP contribution in [0.25, 0.3) is 0 Å². The van der Waals surface area contributed by atoms with Gasteiger partial charge < -0.3 is 0 Å². The summed E-state index contributed by atoms with van der Waals surface area (Å²) < 4.78 is 78.9. The second-order valence-electron chi connectivity index (χ2n) is 0.625. The summed E-state index contributed by atoms with van der Waals surface area (Å²) in [6.45, 7) is -2.66. The summed E-state index contributed by atoms with van der Waals surface area (Å²) in [5.41, 5.74) is 0. The lowest BCUT2D eigenvalue weighted by Crippen LogP contribution is -1.66. The van der Waals surface area contributed by atoms with Crippen molar-refractivity contribution >= 4 is 0 Å². The molecular formula is C6H14. The Hall–Kier alpha value is 0. The Kier molecular flexibility index (Phi) is 0.488. The van der Waals surface area contributed by atoms with Crippen molar-refractivity contribution in [1.82, 2.24) is 0 Å². The van der Waals surface area contributed by atoms with Gasteiger partial charge in [0.05, 0.1) is 0 Å². The molecule has 38 valence electrons. The first kappa shape index (κ1) is 0.586. The average Bonchev–Trinajstić information content (AvgIpc) is 1.98. The van der Waals surface area contributed by atoms with E-state index in [4.69, 9.17) is 15.1 Å². The number of hydrogen-bond acceptors (Lipinski definition) is 0. The summed E-state index contributed by atoms with van der Waals surface area (Å²) in [5.74, 6) is 0. The maximum absolute atomic E-state index is 7.36. The van der Waals surface area contributed by atoms with Gasteiger partial charge in [0, 0.05) is 15.1 Å². The summed E-state index contributed by atoms with van der Waals surface area (Å²) in [6, 6.07) is 0. The molecule has 0 heterocycles. The van der Waals surface area contributed by atoms with Gasteiger partial charge in [0.1, 0.15) is 0 Å². The summed E-state index contributed by atoms with van der Waals surface area (Å²) in [6.07, 6.45) is -13.0. The van der Waals surface area contributed by atoms with E-state index in [2.05, 4.69) is 0 Å². The van der Waals surface area contributed by atoms with Gasteiger partial charge in [-0.2, -0.15) is 0 Å². The third kappa shape index (κ3) is 4.00. The van der Waals surface area contributed by atoms with Crippen LogP contribution in [0.1, 0.15) is 54.3 Å². The van der Waals surface area contributed by atoms with Crippen LogP contribution < -0.4 is 0 Å². The molecule has 0 spiro atoms. The zero-order chi connectivity index (χ0) is 14.5. The van der Waals surface area contributed by atoms with E-state index in [0.717, 1.165) is 6.92 Å². The first-order valence-corrected chi connectivity index (χ1v) is 1.50. The maximum Gasteiger partial charge on any atom is 0.0266 e. The van der Waals surface area contributed by atoms with E-state index in [-0.39, 0.29) is 0 Å². The van der Waals surface area contributed by atoms with Crippen LogP contribution >= 0.6 is 0 Å². The van der Waals surface area contributed by atoms with Crippen LogP contribution in [0.4, 0.5) is 0 Å². The van der Waals surface area contributed by atoms with Crippen molar-refractivity contribution in [2.75, 3.05) is 0 Å². The maximum atomic E-state index is 7.36. The first-order chi connectivity index (χ1) is 7.00. The minimum Gasteiger partial charge on any atom is -0.0654 e. The lowest BCUT2D eigenvalue weighted by Gasteiger charge is -1.86. The predicted molar refractivity (Wildman–Crippen MR) is 29.8 cm³/mol. The monoisotopic (exact) mass is 97.2 g/mol. The van der Waals surface area contributed by atoms with Gasteiger partial charge in [-0.15, -0.1) is 0 Å². The first-order valence-electron chi connectivity index (χ1n) is 7.00. The van der Waals surface area contributed by atoms with E-state index in [1.165, 1.54) is 0 Å². The average molecular weight is 97.2 g/mol. The van der Waals surface area contributed by atoms with E-state index in [1.807, 2.05) is 0 Å². The topological polar surface area (TPSA) is 0 Å². The molecule has 0 aliphatic carbocycles. The molecule has 0 atom stereocenters. The van der Waals surface area contributed by atoms with E-state index in [0.29, 0.717) is 0 Å². The van der Waals surface area contributed by atoms with Crippen molar-refractivity contribution < 1.29 is 15.1 Å². The standard InChI is InChI=1S/C6H14/c1-3-5-6-4-2/h3-6H2,1-2H3/i1D3,3D2,4D2,5D2,6D2. The summed E-state index contributed by atoms with van der Waals surface area (Å²) in [5, 5.41) is 0.